The third-order valence-electron chi connectivity index (χ3n) is 7.23. The van der Waals surface area contributed by atoms with Crippen LogP contribution in [0, 0.1) is 22.7 Å². The lowest BCUT2D eigenvalue weighted by Crippen LogP contribution is -2.57. The standard InChI is InChI=1S/C20H30O5/c1-12-4-7-16-19(2,9-8-17(23)20(16,3)11-21)14(12)6-5-13-15(22)10-25-18(13)24/h5,14,16-18,21,23-24H,1,4,6-11H2,2-3H3/b13-5+/t14-,16+,17-,18+,19+,20+/m1/s1. The van der Waals surface area contributed by atoms with Gasteiger partial charge in [-0.1, -0.05) is 32.1 Å². The molecule has 3 N–H and O–H groups in total. The van der Waals surface area contributed by atoms with Gasteiger partial charge < -0.3 is 20.1 Å². The molecular weight excluding hydrogens is 320 g/mol. The van der Waals surface area contributed by atoms with Crippen LogP contribution in [0.25, 0.3) is 0 Å². The molecule has 25 heavy (non-hydrogen) atoms. The molecule has 2 aliphatic carbocycles. The Bertz CT molecular complexity index is 597. The van der Waals surface area contributed by atoms with Gasteiger partial charge in [0.1, 0.15) is 6.61 Å². The summed E-state index contributed by atoms with van der Waals surface area (Å²) < 4.78 is 4.99. The molecule has 0 aromatic rings. The first kappa shape index (κ1) is 18.8. The molecule has 140 valence electrons. The predicted molar refractivity (Wildman–Crippen MR) is 93.6 cm³/mol. The van der Waals surface area contributed by atoms with Gasteiger partial charge in [0.05, 0.1) is 12.7 Å². The van der Waals surface area contributed by atoms with Crippen molar-refractivity contribution in [1.82, 2.24) is 0 Å². The Labute approximate surface area is 149 Å². The zero-order valence-corrected chi connectivity index (χ0v) is 15.2. The monoisotopic (exact) mass is 350 g/mol. The van der Waals surface area contributed by atoms with Crippen LogP contribution in [-0.4, -0.2) is 46.7 Å². The summed E-state index contributed by atoms with van der Waals surface area (Å²) in [5, 5.41) is 30.3. The van der Waals surface area contributed by atoms with Gasteiger partial charge in [0.25, 0.3) is 0 Å². The van der Waals surface area contributed by atoms with E-state index in [-0.39, 0.29) is 36.2 Å². The maximum atomic E-state index is 11.9. The Kier molecular flexibility index (Phi) is 4.97. The minimum absolute atomic E-state index is 0.0280. The Morgan fingerprint density at radius 3 is 2.64 bits per heavy atom. The molecule has 1 heterocycles. The second kappa shape index (κ2) is 6.62. The van der Waals surface area contributed by atoms with Gasteiger partial charge in [-0.3, -0.25) is 4.79 Å². The van der Waals surface area contributed by atoms with E-state index in [0.717, 1.165) is 24.8 Å². The van der Waals surface area contributed by atoms with E-state index in [0.29, 0.717) is 18.4 Å². The lowest BCUT2D eigenvalue weighted by atomic mass is 9.46. The third kappa shape index (κ3) is 2.91. The Morgan fingerprint density at radius 2 is 2.04 bits per heavy atom. The molecular formula is C20H30O5. The fourth-order valence-electron chi connectivity index (χ4n) is 5.56. The first-order chi connectivity index (χ1) is 11.7. The summed E-state index contributed by atoms with van der Waals surface area (Å²) in [6.07, 6.45) is 4.14. The summed E-state index contributed by atoms with van der Waals surface area (Å²) in [6, 6.07) is 0. The van der Waals surface area contributed by atoms with E-state index in [1.165, 1.54) is 0 Å². The van der Waals surface area contributed by atoms with E-state index in [1.807, 2.05) is 13.0 Å². The lowest BCUT2D eigenvalue weighted by molar-refractivity contribution is -0.151. The minimum Gasteiger partial charge on any atom is -0.396 e. The smallest absolute Gasteiger partial charge is 0.189 e. The van der Waals surface area contributed by atoms with Crippen molar-refractivity contribution in [2.45, 2.75) is 58.3 Å². The molecule has 3 rings (SSSR count). The second-order valence-electron chi connectivity index (χ2n) is 8.51. The van der Waals surface area contributed by atoms with Crippen molar-refractivity contribution in [1.29, 1.82) is 0 Å². The first-order valence-electron chi connectivity index (χ1n) is 9.23. The Morgan fingerprint density at radius 1 is 1.32 bits per heavy atom. The van der Waals surface area contributed by atoms with Crippen molar-refractivity contribution in [2.24, 2.45) is 22.7 Å². The number of carbonyl (C=O) groups excluding carboxylic acids is 1. The van der Waals surface area contributed by atoms with Gasteiger partial charge in [-0.25, -0.2) is 0 Å². The quantitative estimate of drug-likeness (QED) is 0.535. The molecule has 5 nitrogen and oxygen atoms in total. The lowest BCUT2D eigenvalue weighted by Gasteiger charge is -2.59. The van der Waals surface area contributed by atoms with Gasteiger partial charge in [-0.2, -0.15) is 0 Å². The average Bonchev–Trinajstić information content (AvgIpc) is 2.89. The number of rotatable bonds is 3. The molecule has 0 bridgehead atoms. The van der Waals surface area contributed by atoms with E-state index in [1.54, 1.807) is 0 Å². The van der Waals surface area contributed by atoms with Crippen molar-refractivity contribution in [3.8, 4) is 0 Å². The van der Waals surface area contributed by atoms with Crippen LogP contribution in [0.4, 0.5) is 0 Å². The van der Waals surface area contributed by atoms with Gasteiger partial charge in [-0.05, 0) is 49.4 Å². The van der Waals surface area contributed by atoms with Crippen LogP contribution in [0.2, 0.25) is 0 Å². The normalized spacial score (nSPS) is 46.5. The maximum absolute atomic E-state index is 11.9. The second-order valence-corrected chi connectivity index (χ2v) is 8.51. The summed E-state index contributed by atoms with van der Waals surface area (Å²) in [4.78, 5) is 11.9. The van der Waals surface area contributed by atoms with E-state index in [2.05, 4.69) is 13.5 Å². The molecule has 1 saturated heterocycles. The van der Waals surface area contributed by atoms with Crippen LogP contribution < -0.4 is 0 Å². The molecule has 5 heteroatoms. The number of carbonyl (C=O) groups is 1. The average molecular weight is 350 g/mol. The SMILES string of the molecule is C=C1CC[C@@H]2[C@](C)(CO)[C@H](O)CC[C@@]2(C)[C@@H]1C/C=C1\C(=O)CO[C@@H]1O. The van der Waals surface area contributed by atoms with Crippen molar-refractivity contribution in [3.63, 3.8) is 0 Å². The molecule has 0 radical (unpaired) electrons. The van der Waals surface area contributed by atoms with Gasteiger partial charge in [0, 0.05) is 11.0 Å². The largest absolute Gasteiger partial charge is 0.396 e. The molecule has 0 spiro atoms. The molecule has 0 aromatic carbocycles. The van der Waals surface area contributed by atoms with Crippen LogP contribution in [0.5, 0.6) is 0 Å². The van der Waals surface area contributed by atoms with Crippen LogP contribution in [0.3, 0.4) is 0 Å². The highest BCUT2D eigenvalue weighted by atomic mass is 16.6. The number of hydrogen-bond acceptors (Lipinski definition) is 5. The van der Waals surface area contributed by atoms with E-state index < -0.39 is 17.8 Å². The number of fused-ring (bicyclic) bond motifs is 1. The van der Waals surface area contributed by atoms with Crippen molar-refractivity contribution < 1.29 is 24.9 Å². The third-order valence-corrected chi connectivity index (χ3v) is 7.23. The van der Waals surface area contributed by atoms with Crippen LogP contribution in [0.1, 0.15) is 46.0 Å². The molecule has 6 atom stereocenters. The molecule has 1 aliphatic heterocycles. The van der Waals surface area contributed by atoms with E-state index in [4.69, 9.17) is 4.74 Å². The molecule has 3 fully saturated rings. The van der Waals surface area contributed by atoms with Crippen molar-refractivity contribution in [2.75, 3.05) is 13.2 Å². The van der Waals surface area contributed by atoms with Gasteiger partial charge in [-0.15, -0.1) is 0 Å². The highest BCUT2D eigenvalue weighted by molar-refractivity contribution is 5.98. The number of ketones is 1. The summed E-state index contributed by atoms with van der Waals surface area (Å²) >= 11 is 0. The molecule has 0 aromatic heterocycles. The van der Waals surface area contributed by atoms with Crippen LogP contribution in [-0.2, 0) is 9.53 Å². The number of hydrogen-bond donors (Lipinski definition) is 3. The Balaban J connectivity index is 1.89. The highest BCUT2D eigenvalue weighted by Gasteiger charge is 2.57. The van der Waals surface area contributed by atoms with Crippen molar-refractivity contribution in [3.05, 3.63) is 23.8 Å². The zero-order valence-electron chi connectivity index (χ0n) is 15.2. The van der Waals surface area contributed by atoms with Crippen LogP contribution >= 0.6 is 0 Å². The number of aliphatic hydroxyl groups excluding tert-OH is 3. The van der Waals surface area contributed by atoms with Gasteiger partial charge >= 0.3 is 0 Å². The maximum Gasteiger partial charge on any atom is 0.189 e. The topological polar surface area (TPSA) is 87.0 Å². The van der Waals surface area contributed by atoms with Gasteiger partial charge in [0.15, 0.2) is 12.1 Å². The predicted octanol–water partition coefficient (Wildman–Crippen LogP) is 1.96. The fourth-order valence-corrected chi connectivity index (χ4v) is 5.56. The summed E-state index contributed by atoms with van der Waals surface area (Å²) in [7, 11) is 0. The highest BCUT2D eigenvalue weighted by Crippen LogP contribution is 2.61. The number of Topliss-reactive ketones (excluding diaryl/α,β-unsaturated/α-hetero) is 1. The number of ether oxygens (including phenoxy) is 1. The van der Waals surface area contributed by atoms with E-state index in [9.17, 15) is 20.1 Å². The first-order valence-corrected chi connectivity index (χ1v) is 9.23. The summed E-state index contributed by atoms with van der Waals surface area (Å²) in [6.45, 7) is 8.40. The fraction of sp³-hybridized carbons (Fsp3) is 0.750. The number of aliphatic hydroxyl groups is 3. The number of allylic oxidation sites excluding steroid dienone is 2. The van der Waals surface area contributed by atoms with Crippen LogP contribution in [0.15, 0.2) is 23.8 Å². The molecule has 0 amide bonds. The molecule has 3 aliphatic rings. The summed E-state index contributed by atoms with van der Waals surface area (Å²) in [5.74, 6) is 0.204. The van der Waals surface area contributed by atoms with Gasteiger partial charge in [0.2, 0.25) is 0 Å². The molecule has 0 unspecified atom stereocenters. The zero-order chi connectivity index (χ0) is 18.4. The minimum atomic E-state index is -1.12. The molecule has 2 saturated carbocycles. The Hall–Kier alpha value is -1.01. The van der Waals surface area contributed by atoms with E-state index >= 15 is 0 Å². The summed E-state index contributed by atoms with van der Waals surface area (Å²) in [5.41, 5.74) is 0.911. The van der Waals surface area contributed by atoms with Crippen molar-refractivity contribution >= 4 is 5.78 Å².